The van der Waals surface area contributed by atoms with Crippen molar-refractivity contribution in [2.24, 2.45) is 0 Å². The minimum Gasteiger partial charge on any atom is -0.444 e. The number of allylic oxidation sites excluding steroid dienone is 1. The zero-order valence-electron chi connectivity index (χ0n) is 10.4. The Morgan fingerprint density at radius 1 is 1.31 bits per heavy atom. The van der Waals surface area contributed by atoms with Crippen LogP contribution in [-0.4, -0.2) is 11.5 Å². The molecule has 0 saturated carbocycles. The van der Waals surface area contributed by atoms with Crippen LogP contribution < -0.4 is 5.32 Å². The molecular weight excluding hydrogens is 200 g/mol. The highest BCUT2D eigenvalue weighted by molar-refractivity contribution is 5.04. The zero-order valence-corrected chi connectivity index (χ0v) is 10.4. The quantitative estimate of drug-likeness (QED) is 0.542. The maximum Gasteiger partial charge on any atom is 0.208 e. The van der Waals surface area contributed by atoms with Crippen LogP contribution in [0.4, 0.5) is 0 Å². The molecule has 0 aliphatic carbocycles. The molecule has 3 heteroatoms. The van der Waals surface area contributed by atoms with E-state index in [9.17, 15) is 0 Å². The minimum absolute atomic E-state index is 0.732. The fourth-order valence-electron chi connectivity index (χ4n) is 1.53. The third-order valence-corrected chi connectivity index (χ3v) is 2.61. The maximum atomic E-state index is 5.47. The van der Waals surface area contributed by atoms with Crippen molar-refractivity contribution in [1.82, 2.24) is 10.3 Å². The summed E-state index contributed by atoms with van der Waals surface area (Å²) in [6, 6.07) is 0. The highest BCUT2D eigenvalue weighted by Crippen LogP contribution is 2.07. The summed E-state index contributed by atoms with van der Waals surface area (Å²) in [5.74, 6) is 1.71. The summed E-state index contributed by atoms with van der Waals surface area (Å²) in [6.07, 6.45) is 6.79. The van der Waals surface area contributed by atoms with Crippen molar-refractivity contribution in [2.75, 3.05) is 6.54 Å². The van der Waals surface area contributed by atoms with Crippen LogP contribution in [0.2, 0.25) is 0 Å². The molecule has 1 heterocycles. The van der Waals surface area contributed by atoms with Crippen LogP contribution in [0.3, 0.4) is 0 Å². The van der Waals surface area contributed by atoms with E-state index in [4.69, 9.17) is 4.42 Å². The Bertz CT molecular complexity index is 298. The third kappa shape index (κ3) is 4.62. The standard InChI is InChI=1S/C13H22N2O/c1-4-5-6-7-8-9-14-10-13-15-11(2)12(3)16-13/h4,14H,1,5-10H2,2-3H3. The van der Waals surface area contributed by atoms with Crippen LogP contribution in [0, 0.1) is 13.8 Å². The topological polar surface area (TPSA) is 38.1 Å². The molecule has 90 valence electrons. The predicted molar refractivity (Wildman–Crippen MR) is 66.3 cm³/mol. The van der Waals surface area contributed by atoms with Crippen molar-refractivity contribution in [1.29, 1.82) is 0 Å². The van der Waals surface area contributed by atoms with Gasteiger partial charge < -0.3 is 9.73 Å². The first-order valence-corrected chi connectivity index (χ1v) is 5.98. The molecule has 1 aromatic rings. The largest absolute Gasteiger partial charge is 0.444 e. The van der Waals surface area contributed by atoms with Gasteiger partial charge in [0.1, 0.15) is 5.76 Å². The first kappa shape index (κ1) is 13.0. The molecule has 0 bridgehead atoms. The average molecular weight is 222 g/mol. The summed E-state index contributed by atoms with van der Waals surface area (Å²) < 4.78 is 5.47. The van der Waals surface area contributed by atoms with E-state index in [-0.39, 0.29) is 0 Å². The molecule has 0 unspecified atom stereocenters. The average Bonchev–Trinajstić information content (AvgIpc) is 2.57. The van der Waals surface area contributed by atoms with Gasteiger partial charge in [-0.15, -0.1) is 6.58 Å². The van der Waals surface area contributed by atoms with Gasteiger partial charge in [0.05, 0.1) is 12.2 Å². The Morgan fingerprint density at radius 2 is 2.12 bits per heavy atom. The normalized spacial score (nSPS) is 10.6. The Kier molecular flexibility index (Phi) is 5.86. The second kappa shape index (κ2) is 7.23. The summed E-state index contributed by atoms with van der Waals surface area (Å²) in [6.45, 7) is 9.38. The lowest BCUT2D eigenvalue weighted by Gasteiger charge is -2.01. The van der Waals surface area contributed by atoms with Crippen LogP contribution in [0.15, 0.2) is 17.1 Å². The molecule has 1 rings (SSSR count). The number of hydrogen-bond donors (Lipinski definition) is 1. The molecular formula is C13H22N2O. The van der Waals surface area contributed by atoms with Crippen LogP contribution >= 0.6 is 0 Å². The van der Waals surface area contributed by atoms with Gasteiger partial charge in [-0.05, 0) is 39.7 Å². The lowest BCUT2D eigenvalue weighted by molar-refractivity contribution is 0.446. The third-order valence-electron chi connectivity index (χ3n) is 2.61. The number of aromatic nitrogens is 1. The van der Waals surface area contributed by atoms with Crippen molar-refractivity contribution < 1.29 is 4.42 Å². The Balaban J connectivity index is 2.05. The fraction of sp³-hybridized carbons (Fsp3) is 0.615. The van der Waals surface area contributed by atoms with Crippen molar-refractivity contribution in [2.45, 2.75) is 46.1 Å². The second-order valence-corrected chi connectivity index (χ2v) is 4.06. The Labute approximate surface area is 98.0 Å². The van der Waals surface area contributed by atoms with Gasteiger partial charge in [-0.1, -0.05) is 12.5 Å². The van der Waals surface area contributed by atoms with Gasteiger partial charge in [0, 0.05) is 0 Å². The number of hydrogen-bond acceptors (Lipinski definition) is 3. The molecule has 0 atom stereocenters. The van der Waals surface area contributed by atoms with E-state index in [0.717, 1.165) is 36.9 Å². The molecule has 16 heavy (non-hydrogen) atoms. The number of aryl methyl sites for hydroxylation is 2. The first-order chi connectivity index (χ1) is 7.74. The van der Waals surface area contributed by atoms with E-state index in [1.54, 1.807) is 0 Å². The number of nitrogens with one attached hydrogen (secondary N) is 1. The molecule has 0 fully saturated rings. The smallest absolute Gasteiger partial charge is 0.208 e. The van der Waals surface area contributed by atoms with Crippen LogP contribution in [0.5, 0.6) is 0 Å². The number of rotatable bonds is 8. The van der Waals surface area contributed by atoms with Crippen molar-refractivity contribution in [3.63, 3.8) is 0 Å². The van der Waals surface area contributed by atoms with E-state index >= 15 is 0 Å². The molecule has 0 aliphatic rings. The molecule has 1 N–H and O–H groups in total. The van der Waals surface area contributed by atoms with Crippen molar-refractivity contribution in [3.05, 3.63) is 30.0 Å². The Morgan fingerprint density at radius 3 is 2.75 bits per heavy atom. The highest BCUT2D eigenvalue weighted by Gasteiger charge is 2.03. The van der Waals surface area contributed by atoms with Gasteiger partial charge in [0.2, 0.25) is 5.89 Å². The number of nitrogens with zero attached hydrogens (tertiary/aromatic N) is 1. The molecule has 0 spiro atoms. The van der Waals surface area contributed by atoms with Gasteiger partial charge in [0.15, 0.2) is 0 Å². The summed E-state index contributed by atoms with van der Waals surface area (Å²) in [4.78, 5) is 4.32. The SMILES string of the molecule is C=CCCCCCNCc1nc(C)c(C)o1. The van der Waals surface area contributed by atoms with E-state index in [1.165, 1.54) is 19.3 Å². The molecule has 0 radical (unpaired) electrons. The van der Waals surface area contributed by atoms with E-state index in [1.807, 2.05) is 19.9 Å². The zero-order chi connectivity index (χ0) is 11.8. The van der Waals surface area contributed by atoms with Crippen molar-refractivity contribution >= 4 is 0 Å². The molecule has 0 saturated heterocycles. The van der Waals surface area contributed by atoms with Crippen LogP contribution in [-0.2, 0) is 6.54 Å². The molecule has 0 aliphatic heterocycles. The van der Waals surface area contributed by atoms with Gasteiger partial charge in [-0.2, -0.15) is 0 Å². The maximum absolute atomic E-state index is 5.47. The van der Waals surface area contributed by atoms with Gasteiger partial charge in [-0.3, -0.25) is 0 Å². The predicted octanol–water partition coefficient (Wildman–Crippen LogP) is 3.13. The van der Waals surface area contributed by atoms with Crippen molar-refractivity contribution in [3.8, 4) is 0 Å². The highest BCUT2D eigenvalue weighted by atomic mass is 16.4. The second-order valence-electron chi connectivity index (χ2n) is 4.06. The number of unbranched alkanes of at least 4 members (excludes halogenated alkanes) is 3. The van der Waals surface area contributed by atoms with E-state index < -0.39 is 0 Å². The summed E-state index contributed by atoms with van der Waals surface area (Å²) in [7, 11) is 0. The molecule has 0 amide bonds. The summed E-state index contributed by atoms with van der Waals surface area (Å²) >= 11 is 0. The summed E-state index contributed by atoms with van der Waals surface area (Å²) in [5, 5.41) is 3.34. The number of oxazole rings is 1. The molecule has 0 aromatic carbocycles. The van der Waals surface area contributed by atoms with Gasteiger partial charge in [0.25, 0.3) is 0 Å². The van der Waals surface area contributed by atoms with Gasteiger partial charge >= 0.3 is 0 Å². The monoisotopic (exact) mass is 222 g/mol. The fourth-order valence-corrected chi connectivity index (χ4v) is 1.53. The summed E-state index contributed by atoms with van der Waals surface area (Å²) in [5.41, 5.74) is 0.989. The minimum atomic E-state index is 0.732. The van der Waals surface area contributed by atoms with Gasteiger partial charge in [-0.25, -0.2) is 4.98 Å². The lowest BCUT2D eigenvalue weighted by atomic mass is 10.2. The van der Waals surface area contributed by atoms with E-state index in [2.05, 4.69) is 16.9 Å². The lowest BCUT2D eigenvalue weighted by Crippen LogP contribution is -2.14. The van der Waals surface area contributed by atoms with Crippen LogP contribution in [0.25, 0.3) is 0 Å². The first-order valence-electron chi connectivity index (χ1n) is 5.98. The van der Waals surface area contributed by atoms with E-state index in [0.29, 0.717) is 0 Å². The molecule has 3 nitrogen and oxygen atoms in total. The molecule has 1 aromatic heterocycles. The van der Waals surface area contributed by atoms with Crippen LogP contribution in [0.1, 0.15) is 43.0 Å². The Hall–Kier alpha value is -1.09.